The van der Waals surface area contributed by atoms with E-state index in [4.69, 9.17) is 5.41 Å². The summed E-state index contributed by atoms with van der Waals surface area (Å²) in [5.74, 6) is 0.704. The summed E-state index contributed by atoms with van der Waals surface area (Å²) in [6.45, 7) is 4.13. The van der Waals surface area contributed by atoms with Crippen molar-refractivity contribution in [3.63, 3.8) is 0 Å². The van der Waals surface area contributed by atoms with Gasteiger partial charge in [0.15, 0.2) is 0 Å². The number of aliphatic hydroxyl groups excluding tert-OH is 1. The quantitative estimate of drug-likeness (QED) is 0.411. The number of benzene rings is 1. The molecule has 0 radical (unpaired) electrons. The van der Waals surface area contributed by atoms with Crippen molar-refractivity contribution in [1.82, 2.24) is 10.4 Å². The summed E-state index contributed by atoms with van der Waals surface area (Å²) in [5, 5.41) is 18.9. The van der Waals surface area contributed by atoms with Crippen LogP contribution in [0.15, 0.2) is 30.3 Å². The Hall–Kier alpha value is -1.39. The SMILES string of the molecule is CC(C)C(CO)NN(C)C(=N)c1ccccc1. The minimum atomic E-state index is -0.0379. The Morgan fingerprint density at radius 1 is 1.35 bits per heavy atom. The Balaban J connectivity index is 2.64. The van der Waals surface area contributed by atoms with Crippen LogP contribution in [0.4, 0.5) is 0 Å². The summed E-state index contributed by atoms with van der Waals surface area (Å²) in [5.41, 5.74) is 3.97. The first-order valence-electron chi connectivity index (χ1n) is 5.81. The van der Waals surface area contributed by atoms with Crippen LogP contribution in [0, 0.1) is 11.3 Å². The van der Waals surface area contributed by atoms with Crippen molar-refractivity contribution in [3.8, 4) is 0 Å². The standard InChI is InChI=1S/C13H21N3O/c1-10(2)12(9-17)15-16(3)13(14)11-7-5-4-6-8-11/h4-8,10,12,14-15,17H,9H2,1-3H3. The van der Waals surface area contributed by atoms with Gasteiger partial charge in [0.25, 0.3) is 0 Å². The lowest BCUT2D eigenvalue weighted by atomic mass is 10.1. The number of aliphatic hydroxyl groups is 1. The molecule has 17 heavy (non-hydrogen) atoms. The molecule has 0 fully saturated rings. The van der Waals surface area contributed by atoms with E-state index in [-0.39, 0.29) is 12.6 Å². The van der Waals surface area contributed by atoms with Gasteiger partial charge in [-0.3, -0.25) is 10.4 Å². The second-order valence-corrected chi connectivity index (χ2v) is 4.44. The lowest BCUT2D eigenvalue weighted by molar-refractivity contribution is 0.162. The van der Waals surface area contributed by atoms with E-state index in [1.165, 1.54) is 0 Å². The average molecular weight is 235 g/mol. The van der Waals surface area contributed by atoms with Crippen LogP contribution in [-0.2, 0) is 0 Å². The third-order valence-electron chi connectivity index (χ3n) is 2.74. The lowest BCUT2D eigenvalue weighted by Crippen LogP contribution is -2.49. The third-order valence-corrected chi connectivity index (χ3v) is 2.74. The summed E-state index contributed by atoms with van der Waals surface area (Å²) in [7, 11) is 1.79. The number of hydrazine groups is 1. The number of hydrogen-bond acceptors (Lipinski definition) is 3. The van der Waals surface area contributed by atoms with Crippen LogP contribution in [-0.4, -0.2) is 35.6 Å². The molecule has 0 aliphatic rings. The fourth-order valence-corrected chi connectivity index (χ4v) is 1.50. The molecular weight excluding hydrogens is 214 g/mol. The summed E-state index contributed by atoms with van der Waals surface area (Å²) < 4.78 is 0. The first-order valence-corrected chi connectivity index (χ1v) is 5.81. The monoisotopic (exact) mass is 235 g/mol. The van der Waals surface area contributed by atoms with Gasteiger partial charge >= 0.3 is 0 Å². The molecular formula is C13H21N3O. The van der Waals surface area contributed by atoms with Crippen molar-refractivity contribution in [3.05, 3.63) is 35.9 Å². The molecule has 0 saturated heterocycles. The molecule has 0 heterocycles. The Bertz CT molecular complexity index is 351. The molecule has 4 nitrogen and oxygen atoms in total. The van der Waals surface area contributed by atoms with E-state index in [1.54, 1.807) is 12.1 Å². The maximum Gasteiger partial charge on any atom is 0.142 e. The molecule has 0 aliphatic heterocycles. The van der Waals surface area contributed by atoms with Crippen LogP contribution in [0.5, 0.6) is 0 Å². The minimum absolute atomic E-state index is 0.0379. The Kier molecular flexibility index (Phi) is 5.12. The topological polar surface area (TPSA) is 59.4 Å². The zero-order chi connectivity index (χ0) is 12.8. The summed E-state index contributed by atoms with van der Waals surface area (Å²) in [4.78, 5) is 0. The number of hydrogen-bond donors (Lipinski definition) is 3. The highest BCUT2D eigenvalue weighted by Crippen LogP contribution is 2.05. The largest absolute Gasteiger partial charge is 0.395 e. The summed E-state index contributed by atoms with van der Waals surface area (Å²) in [6.07, 6.45) is 0. The van der Waals surface area contributed by atoms with Gasteiger partial charge in [-0.05, 0) is 5.92 Å². The van der Waals surface area contributed by atoms with Gasteiger partial charge in [-0.25, -0.2) is 5.43 Å². The van der Waals surface area contributed by atoms with Crippen molar-refractivity contribution in [2.24, 2.45) is 5.92 Å². The van der Waals surface area contributed by atoms with E-state index < -0.39 is 0 Å². The number of nitrogens with one attached hydrogen (secondary N) is 2. The number of amidine groups is 1. The molecule has 1 aromatic carbocycles. The molecule has 0 bridgehead atoms. The molecule has 0 amide bonds. The molecule has 1 unspecified atom stereocenters. The van der Waals surface area contributed by atoms with E-state index in [1.807, 2.05) is 44.2 Å². The molecule has 1 aromatic rings. The molecule has 4 heteroatoms. The smallest absolute Gasteiger partial charge is 0.142 e. The third kappa shape index (κ3) is 3.84. The zero-order valence-electron chi connectivity index (χ0n) is 10.6. The van der Waals surface area contributed by atoms with Crippen LogP contribution in [0.1, 0.15) is 19.4 Å². The molecule has 0 spiro atoms. The van der Waals surface area contributed by atoms with Crippen molar-refractivity contribution in [1.29, 1.82) is 5.41 Å². The van der Waals surface area contributed by atoms with Gasteiger partial charge in [0.2, 0.25) is 0 Å². The minimum Gasteiger partial charge on any atom is -0.395 e. The van der Waals surface area contributed by atoms with Gasteiger partial charge in [-0.1, -0.05) is 44.2 Å². The van der Waals surface area contributed by atoms with Gasteiger partial charge in [-0.2, -0.15) is 0 Å². The van der Waals surface area contributed by atoms with Crippen molar-refractivity contribution < 1.29 is 5.11 Å². The van der Waals surface area contributed by atoms with E-state index in [2.05, 4.69) is 5.43 Å². The normalized spacial score (nSPS) is 12.5. The Morgan fingerprint density at radius 2 is 1.94 bits per heavy atom. The molecule has 1 atom stereocenters. The van der Waals surface area contributed by atoms with Crippen LogP contribution >= 0.6 is 0 Å². The Labute approximate surface area is 103 Å². The van der Waals surface area contributed by atoms with Crippen LogP contribution < -0.4 is 5.43 Å². The van der Waals surface area contributed by atoms with Crippen molar-refractivity contribution in [2.75, 3.05) is 13.7 Å². The van der Waals surface area contributed by atoms with Crippen LogP contribution in [0.3, 0.4) is 0 Å². The van der Waals surface area contributed by atoms with Gasteiger partial charge in [0, 0.05) is 12.6 Å². The zero-order valence-corrected chi connectivity index (χ0v) is 10.6. The molecule has 3 N–H and O–H groups in total. The summed E-state index contributed by atoms with van der Waals surface area (Å²) >= 11 is 0. The van der Waals surface area contributed by atoms with Gasteiger partial charge in [-0.15, -0.1) is 0 Å². The van der Waals surface area contributed by atoms with E-state index >= 15 is 0 Å². The number of rotatable bonds is 5. The van der Waals surface area contributed by atoms with E-state index in [9.17, 15) is 5.11 Å². The fraction of sp³-hybridized carbons (Fsp3) is 0.462. The second kappa shape index (κ2) is 6.37. The lowest BCUT2D eigenvalue weighted by Gasteiger charge is -2.28. The van der Waals surface area contributed by atoms with Crippen LogP contribution in [0.25, 0.3) is 0 Å². The first-order chi connectivity index (χ1) is 8.06. The highest BCUT2D eigenvalue weighted by Gasteiger charge is 2.15. The van der Waals surface area contributed by atoms with Crippen LogP contribution in [0.2, 0.25) is 0 Å². The first kappa shape index (κ1) is 13.7. The molecule has 1 rings (SSSR count). The van der Waals surface area contributed by atoms with Crippen molar-refractivity contribution in [2.45, 2.75) is 19.9 Å². The maximum absolute atomic E-state index is 9.24. The highest BCUT2D eigenvalue weighted by molar-refractivity contribution is 5.95. The summed E-state index contributed by atoms with van der Waals surface area (Å²) in [6, 6.07) is 9.49. The molecule has 0 saturated carbocycles. The van der Waals surface area contributed by atoms with E-state index in [0.29, 0.717) is 11.8 Å². The molecule has 0 aromatic heterocycles. The maximum atomic E-state index is 9.24. The fourth-order valence-electron chi connectivity index (χ4n) is 1.50. The average Bonchev–Trinajstić information content (AvgIpc) is 2.35. The predicted molar refractivity (Wildman–Crippen MR) is 69.9 cm³/mol. The second-order valence-electron chi connectivity index (χ2n) is 4.44. The number of nitrogens with zero attached hydrogens (tertiary/aromatic N) is 1. The van der Waals surface area contributed by atoms with Crippen molar-refractivity contribution >= 4 is 5.84 Å². The van der Waals surface area contributed by atoms with Gasteiger partial charge in [0.05, 0.1) is 12.6 Å². The van der Waals surface area contributed by atoms with Gasteiger partial charge in [0.1, 0.15) is 5.84 Å². The molecule has 0 aliphatic carbocycles. The van der Waals surface area contributed by atoms with E-state index in [0.717, 1.165) is 5.56 Å². The predicted octanol–water partition coefficient (Wildman–Crippen LogP) is 1.47. The highest BCUT2D eigenvalue weighted by atomic mass is 16.3. The van der Waals surface area contributed by atoms with Gasteiger partial charge < -0.3 is 5.11 Å². The molecule has 94 valence electrons. The Morgan fingerprint density at radius 3 is 2.41 bits per heavy atom.